The molecule has 2 aliphatic rings. The van der Waals surface area contributed by atoms with Crippen LogP contribution in [0.1, 0.15) is 12.6 Å². The molecule has 0 radical (unpaired) electrons. The molecule has 2 aromatic heterocycles. The minimum Gasteiger partial charge on any atom is -0.340 e. The Morgan fingerprint density at radius 1 is 1.23 bits per heavy atom. The SMILES string of the molecule is CC(C(=O)N1CCN(Cc2cn3ccccc3n2)CC1)C1CNC1.Cl.Cl. The fourth-order valence-corrected chi connectivity index (χ4v) is 3.57. The van der Waals surface area contributed by atoms with Gasteiger partial charge in [0, 0.05) is 51.0 Å². The Hall–Kier alpha value is -1.34. The number of fused-ring (bicyclic) bond motifs is 1. The minimum absolute atomic E-state index is 0. The van der Waals surface area contributed by atoms with Crippen LogP contribution < -0.4 is 5.32 Å². The van der Waals surface area contributed by atoms with Crippen molar-refractivity contribution >= 4 is 36.4 Å². The molecule has 6 nitrogen and oxygen atoms in total. The molecule has 0 saturated carbocycles. The van der Waals surface area contributed by atoms with Crippen molar-refractivity contribution < 1.29 is 4.79 Å². The number of piperazine rings is 1. The summed E-state index contributed by atoms with van der Waals surface area (Å²) in [6.07, 6.45) is 4.12. The lowest BCUT2D eigenvalue weighted by atomic mass is 9.88. The number of nitrogens with one attached hydrogen (secondary N) is 1. The van der Waals surface area contributed by atoms with Crippen LogP contribution in [0, 0.1) is 11.8 Å². The van der Waals surface area contributed by atoms with E-state index >= 15 is 0 Å². The third-order valence-electron chi connectivity index (χ3n) is 5.39. The first-order valence-corrected chi connectivity index (χ1v) is 8.85. The molecule has 2 aliphatic heterocycles. The zero-order valence-corrected chi connectivity index (χ0v) is 16.6. The Labute approximate surface area is 166 Å². The summed E-state index contributed by atoms with van der Waals surface area (Å²) < 4.78 is 2.06. The Kier molecular flexibility index (Phi) is 7.29. The van der Waals surface area contributed by atoms with Crippen molar-refractivity contribution in [1.29, 1.82) is 0 Å². The van der Waals surface area contributed by atoms with Crippen LogP contribution in [0.5, 0.6) is 0 Å². The molecular formula is C18H27Cl2N5O. The van der Waals surface area contributed by atoms with Gasteiger partial charge in [-0.1, -0.05) is 13.0 Å². The summed E-state index contributed by atoms with van der Waals surface area (Å²) >= 11 is 0. The van der Waals surface area contributed by atoms with Crippen LogP contribution in [0.2, 0.25) is 0 Å². The van der Waals surface area contributed by atoms with Gasteiger partial charge in [0.05, 0.1) is 5.69 Å². The normalized spacial score (nSPS) is 19.3. The average molecular weight is 400 g/mol. The summed E-state index contributed by atoms with van der Waals surface area (Å²) in [5.74, 6) is 0.999. The zero-order valence-electron chi connectivity index (χ0n) is 15.0. The van der Waals surface area contributed by atoms with Gasteiger partial charge in [0.25, 0.3) is 0 Å². The molecule has 0 aromatic carbocycles. The highest BCUT2D eigenvalue weighted by atomic mass is 35.5. The summed E-state index contributed by atoms with van der Waals surface area (Å²) in [6.45, 7) is 8.42. The average Bonchev–Trinajstić information content (AvgIpc) is 2.95. The molecule has 8 heteroatoms. The quantitative estimate of drug-likeness (QED) is 0.849. The number of pyridine rings is 1. The van der Waals surface area contributed by atoms with Gasteiger partial charge in [0.15, 0.2) is 0 Å². The minimum atomic E-state index is 0. The second-order valence-electron chi connectivity index (χ2n) is 7.01. The first kappa shape index (κ1) is 21.0. The summed E-state index contributed by atoms with van der Waals surface area (Å²) in [6, 6.07) is 6.05. The van der Waals surface area contributed by atoms with Gasteiger partial charge in [-0.15, -0.1) is 24.8 Å². The van der Waals surface area contributed by atoms with E-state index in [4.69, 9.17) is 0 Å². The monoisotopic (exact) mass is 399 g/mol. The van der Waals surface area contributed by atoms with Crippen molar-refractivity contribution in [2.45, 2.75) is 13.5 Å². The van der Waals surface area contributed by atoms with E-state index in [1.807, 2.05) is 29.3 Å². The van der Waals surface area contributed by atoms with Gasteiger partial charge in [-0.2, -0.15) is 0 Å². The van der Waals surface area contributed by atoms with Gasteiger partial charge in [0.2, 0.25) is 5.91 Å². The second kappa shape index (κ2) is 9.04. The molecule has 1 atom stereocenters. The maximum absolute atomic E-state index is 12.6. The molecule has 4 rings (SSSR count). The fourth-order valence-electron chi connectivity index (χ4n) is 3.57. The van der Waals surface area contributed by atoms with E-state index in [0.717, 1.165) is 57.2 Å². The van der Waals surface area contributed by atoms with Crippen LogP contribution in [0.4, 0.5) is 0 Å². The maximum Gasteiger partial charge on any atom is 0.225 e. The summed E-state index contributed by atoms with van der Waals surface area (Å²) in [4.78, 5) is 21.7. The van der Waals surface area contributed by atoms with Crippen LogP contribution in [0.25, 0.3) is 5.65 Å². The standard InChI is InChI=1S/C18H25N5O.2ClH/c1-14(15-10-19-11-15)18(24)22-8-6-21(7-9-22)12-16-13-23-5-3-2-4-17(23)20-16;;/h2-5,13-15,19H,6-12H2,1H3;2*1H. The highest BCUT2D eigenvalue weighted by Crippen LogP contribution is 2.19. The lowest BCUT2D eigenvalue weighted by molar-refractivity contribution is -0.139. The molecule has 1 amide bonds. The predicted octanol–water partition coefficient (Wildman–Crippen LogP) is 1.68. The molecule has 0 bridgehead atoms. The number of hydrogen-bond acceptors (Lipinski definition) is 4. The molecule has 1 unspecified atom stereocenters. The number of rotatable bonds is 4. The van der Waals surface area contributed by atoms with Crippen molar-refractivity contribution in [3.8, 4) is 0 Å². The van der Waals surface area contributed by atoms with Crippen molar-refractivity contribution in [2.75, 3.05) is 39.3 Å². The van der Waals surface area contributed by atoms with Gasteiger partial charge in [0.1, 0.15) is 5.65 Å². The van der Waals surface area contributed by atoms with Crippen LogP contribution >= 0.6 is 24.8 Å². The van der Waals surface area contributed by atoms with Gasteiger partial charge >= 0.3 is 0 Å². The van der Waals surface area contributed by atoms with Gasteiger partial charge in [-0.05, 0) is 31.1 Å². The molecule has 0 spiro atoms. The lowest BCUT2D eigenvalue weighted by Gasteiger charge is -2.39. The molecule has 2 saturated heterocycles. The lowest BCUT2D eigenvalue weighted by Crippen LogP contribution is -2.54. The number of carbonyl (C=O) groups excluding carboxylic acids is 1. The van der Waals surface area contributed by atoms with Gasteiger partial charge in [-0.3, -0.25) is 9.69 Å². The first-order valence-electron chi connectivity index (χ1n) is 8.85. The van der Waals surface area contributed by atoms with Gasteiger partial charge < -0.3 is 14.6 Å². The summed E-state index contributed by atoms with van der Waals surface area (Å²) in [5, 5.41) is 3.26. The Balaban J connectivity index is 0.00000121. The third-order valence-corrected chi connectivity index (χ3v) is 5.39. The highest BCUT2D eigenvalue weighted by Gasteiger charge is 2.32. The van der Waals surface area contributed by atoms with E-state index < -0.39 is 0 Å². The van der Waals surface area contributed by atoms with Crippen molar-refractivity contribution in [2.24, 2.45) is 11.8 Å². The molecule has 2 fully saturated rings. The van der Waals surface area contributed by atoms with E-state index in [2.05, 4.69) is 32.7 Å². The number of halogens is 2. The third kappa shape index (κ3) is 4.31. The molecule has 4 heterocycles. The van der Waals surface area contributed by atoms with Gasteiger partial charge in [-0.25, -0.2) is 4.98 Å². The van der Waals surface area contributed by atoms with Crippen LogP contribution in [0.15, 0.2) is 30.6 Å². The highest BCUT2D eigenvalue weighted by molar-refractivity contribution is 5.85. The molecule has 2 aromatic rings. The van der Waals surface area contributed by atoms with E-state index in [9.17, 15) is 4.79 Å². The molecule has 26 heavy (non-hydrogen) atoms. The zero-order chi connectivity index (χ0) is 16.5. The first-order chi connectivity index (χ1) is 11.7. The van der Waals surface area contributed by atoms with Crippen molar-refractivity contribution in [3.63, 3.8) is 0 Å². The smallest absolute Gasteiger partial charge is 0.225 e. The fraction of sp³-hybridized carbons (Fsp3) is 0.556. The number of imidazole rings is 1. The van der Waals surface area contributed by atoms with Crippen molar-refractivity contribution in [1.82, 2.24) is 24.5 Å². The Morgan fingerprint density at radius 2 is 1.96 bits per heavy atom. The molecular weight excluding hydrogens is 373 g/mol. The van der Waals surface area contributed by atoms with E-state index in [-0.39, 0.29) is 30.7 Å². The second-order valence-corrected chi connectivity index (χ2v) is 7.01. The van der Waals surface area contributed by atoms with Crippen LogP contribution in [-0.2, 0) is 11.3 Å². The largest absolute Gasteiger partial charge is 0.340 e. The Bertz CT molecular complexity index is 692. The van der Waals surface area contributed by atoms with E-state index in [1.165, 1.54) is 0 Å². The number of carbonyl (C=O) groups is 1. The number of hydrogen-bond donors (Lipinski definition) is 1. The molecule has 0 aliphatic carbocycles. The molecule has 144 valence electrons. The van der Waals surface area contributed by atoms with E-state index in [0.29, 0.717) is 11.8 Å². The number of amides is 1. The topological polar surface area (TPSA) is 52.9 Å². The summed E-state index contributed by atoms with van der Waals surface area (Å²) in [5.41, 5.74) is 2.08. The van der Waals surface area contributed by atoms with Crippen LogP contribution in [0.3, 0.4) is 0 Å². The molecule has 1 N–H and O–H groups in total. The number of nitrogens with zero attached hydrogens (tertiary/aromatic N) is 4. The number of aromatic nitrogens is 2. The van der Waals surface area contributed by atoms with Crippen molar-refractivity contribution in [3.05, 3.63) is 36.3 Å². The summed E-state index contributed by atoms with van der Waals surface area (Å²) in [7, 11) is 0. The predicted molar refractivity (Wildman–Crippen MR) is 107 cm³/mol. The van der Waals surface area contributed by atoms with Crippen LogP contribution in [-0.4, -0.2) is 64.4 Å². The Morgan fingerprint density at radius 3 is 2.58 bits per heavy atom. The maximum atomic E-state index is 12.6. The van der Waals surface area contributed by atoms with E-state index in [1.54, 1.807) is 0 Å².